The minimum absolute atomic E-state index is 0.766. The fourth-order valence-electron chi connectivity index (χ4n) is 0.642. The molecular formula is C4H8IN. The molecule has 0 amide bonds. The molecule has 6 heavy (non-hydrogen) atoms. The molecule has 0 aromatic heterocycles. The molecule has 1 fully saturated rings. The van der Waals surface area contributed by atoms with Gasteiger partial charge in [0.05, 0.1) is 4.05 Å². The van der Waals surface area contributed by atoms with Crippen LogP contribution in [-0.4, -0.2) is 10.6 Å². The van der Waals surface area contributed by atoms with Crippen LogP contribution in [0.1, 0.15) is 12.8 Å². The SMILES string of the molecule is I[C@H]1CCCN1. The summed E-state index contributed by atoms with van der Waals surface area (Å²) in [5.74, 6) is 0. The lowest BCUT2D eigenvalue weighted by Crippen LogP contribution is -2.12. The maximum absolute atomic E-state index is 3.31. The van der Waals surface area contributed by atoms with E-state index in [2.05, 4.69) is 27.9 Å². The van der Waals surface area contributed by atoms with Gasteiger partial charge in [0.15, 0.2) is 0 Å². The standard InChI is InChI=1S/C4H8IN/c5-4-2-1-3-6-4/h4,6H,1-3H2/t4-/m1/s1. The highest BCUT2D eigenvalue weighted by Crippen LogP contribution is 2.09. The molecule has 0 radical (unpaired) electrons. The van der Waals surface area contributed by atoms with Gasteiger partial charge < -0.3 is 5.32 Å². The van der Waals surface area contributed by atoms with E-state index in [-0.39, 0.29) is 0 Å². The third kappa shape index (κ3) is 1.08. The summed E-state index contributed by atoms with van der Waals surface area (Å²) in [6.07, 6.45) is 2.73. The molecule has 0 unspecified atom stereocenters. The Kier molecular flexibility index (Phi) is 1.71. The summed E-state index contributed by atoms with van der Waals surface area (Å²) in [5, 5.41) is 3.31. The van der Waals surface area contributed by atoms with Crippen molar-refractivity contribution < 1.29 is 0 Å². The van der Waals surface area contributed by atoms with E-state index in [4.69, 9.17) is 0 Å². The summed E-state index contributed by atoms with van der Waals surface area (Å²) in [6.45, 7) is 1.23. The maximum atomic E-state index is 3.31. The first kappa shape index (κ1) is 4.84. The second kappa shape index (κ2) is 2.12. The Labute approximate surface area is 51.6 Å². The summed E-state index contributed by atoms with van der Waals surface area (Å²) in [7, 11) is 0. The van der Waals surface area contributed by atoms with Crippen LogP contribution in [0.15, 0.2) is 0 Å². The molecule has 2 heteroatoms. The van der Waals surface area contributed by atoms with E-state index in [1.165, 1.54) is 19.4 Å². The van der Waals surface area contributed by atoms with E-state index in [9.17, 15) is 0 Å². The first-order valence-electron chi connectivity index (χ1n) is 2.27. The predicted octanol–water partition coefficient (Wildman–Crippen LogP) is 1.13. The molecule has 1 heterocycles. The van der Waals surface area contributed by atoms with Crippen LogP contribution in [0, 0.1) is 0 Å². The van der Waals surface area contributed by atoms with Crippen molar-refractivity contribution >= 4 is 22.6 Å². The van der Waals surface area contributed by atoms with Crippen molar-refractivity contribution in [3.63, 3.8) is 0 Å². The molecule has 1 rings (SSSR count). The van der Waals surface area contributed by atoms with Crippen molar-refractivity contribution in [2.45, 2.75) is 16.9 Å². The minimum atomic E-state index is 0.766. The lowest BCUT2D eigenvalue weighted by molar-refractivity contribution is 0.833. The third-order valence-electron chi connectivity index (χ3n) is 1.00. The summed E-state index contributed by atoms with van der Waals surface area (Å²) in [4.78, 5) is 0. The zero-order valence-corrected chi connectivity index (χ0v) is 5.73. The molecule has 1 aliphatic heterocycles. The first-order chi connectivity index (χ1) is 2.89. The Morgan fingerprint density at radius 1 is 1.67 bits per heavy atom. The van der Waals surface area contributed by atoms with Crippen LogP contribution in [0.4, 0.5) is 0 Å². The van der Waals surface area contributed by atoms with Gasteiger partial charge in [0, 0.05) is 0 Å². The van der Waals surface area contributed by atoms with Crippen LogP contribution >= 0.6 is 22.6 Å². The molecule has 1 atom stereocenters. The van der Waals surface area contributed by atoms with Crippen molar-refractivity contribution in [2.75, 3.05) is 6.54 Å². The summed E-state index contributed by atoms with van der Waals surface area (Å²) in [5.41, 5.74) is 0. The third-order valence-corrected chi connectivity index (χ3v) is 2.06. The zero-order valence-electron chi connectivity index (χ0n) is 3.58. The second-order valence-electron chi connectivity index (χ2n) is 1.56. The molecule has 1 aliphatic rings. The molecular weight excluding hydrogens is 189 g/mol. The van der Waals surface area contributed by atoms with Crippen molar-refractivity contribution in [1.29, 1.82) is 0 Å². The van der Waals surface area contributed by atoms with Crippen molar-refractivity contribution in [3.8, 4) is 0 Å². The van der Waals surface area contributed by atoms with Crippen LogP contribution in [0.25, 0.3) is 0 Å². The smallest absolute Gasteiger partial charge is 0.0594 e. The fourth-order valence-corrected chi connectivity index (χ4v) is 1.39. The highest BCUT2D eigenvalue weighted by atomic mass is 127. The highest BCUT2D eigenvalue weighted by Gasteiger charge is 2.07. The van der Waals surface area contributed by atoms with Crippen LogP contribution in [-0.2, 0) is 0 Å². The lowest BCUT2D eigenvalue weighted by Gasteiger charge is -1.92. The number of nitrogens with one attached hydrogen (secondary N) is 1. The molecule has 0 spiro atoms. The first-order valence-corrected chi connectivity index (χ1v) is 3.51. The molecule has 36 valence electrons. The summed E-state index contributed by atoms with van der Waals surface area (Å²) in [6, 6.07) is 0. The normalized spacial score (nSPS) is 34.5. The van der Waals surface area contributed by atoms with Crippen molar-refractivity contribution in [1.82, 2.24) is 5.32 Å². The van der Waals surface area contributed by atoms with Gasteiger partial charge in [0.2, 0.25) is 0 Å². The Bertz CT molecular complexity index is 40.8. The predicted molar refractivity (Wildman–Crippen MR) is 35.0 cm³/mol. The van der Waals surface area contributed by atoms with Gasteiger partial charge in [0.1, 0.15) is 0 Å². The van der Waals surface area contributed by atoms with E-state index in [1.54, 1.807) is 0 Å². The van der Waals surface area contributed by atoms with Gasteiger partial charge in [0.25, 0.3) is 0 Å². The minimum Gasteiger partial charge on any atom is -0.305 e. The fraction of sp³-hybridized carbons (Fsp3) is 1.00. The van der Waals surface area contributed by atoms with Gasteiger partial charge in [-0.2, -0.15) is 0 Å². The Morgan fingerprint density at radius 2 is 2.50 bits per heavy atom. The highest BCUT2D eigenvalue weighted by molar-refractivity contribution is 14.1. The van der Waals surface area contributed by atoms with Crippen LogP contribution in [0.3, 0.4) is 0 Å². The van der Waals surface area contributed by atoms with Gasteiger partial charge in [-0.15, -0.1) is 0 Å². The Morgan fingerprint density at radius 3 is 2.67 bits per heavy atom. The van der Waals surface area contributed by atoms with Crippen LogP contribution in [0.2, 0.25) is 0 Å². The van der Waals surface area contributed by atoms with E-state index in [1.807, 2.05) is 0 Å². The summed E-state index contributed by atoms with van der Waals surface area (Å²) >= 11 is 2.42. The van der Waals surface area contributed by atoms with Crippen molar-refractivity contribution in [2.24, 2.45) is 0 Å². The van der Waals surface area contributed by atoms with Crippen molar-refractivity contribution in [3.05, 3.63) is 0 Å². The molecule has 0 bridgehead atoms. The topological polar surface area (TPSA) is 12.0 Å². The number of halogens is 1. The molecule has 0 saturated carbocycles. The van der Waals surface area contributed by atoms with Gasteiger partial charge in [-0.05, 0) is 19.4 Å². The van der Waals surface area contributed by atoms with E-state index >= 15 is 0 Å². The summed E-state index contributed by atoms with van der Waals surface area (Å²) < 4.78 is 0.766. The molecule has 0 aromatic rings. The molecule has 1 nitrogen and oxygen atoms in total. The monoisotopic (exact) mass is 197 g/mol. The van der Waals surface area contributed by atoms with E-state index in [0.29, 0.717) is 0 Å². The van der Waals surface area contributed by atoms with Gasteiger partial charge in [-0.3, -0.25) is 0 Å². The molecule has 0 aliphatic carbocycles. The van der Waals surface area contributed by atoms with Gasteiger partial charge >= 0.3 is 0 Å². The number of rotatable bonds is 0. The Hall–Kier alpha value is 0.690. The largest absolute Gasteiger partial charge is 0.305 e. The molecule has 0 aromatic carbocycles. The Balaban J connectivity index is 2.18. The van der Waals surface area contributed by atoms with Crippen LogP contribution < -0.4 is 5.32 Å². The number of hydrogen-bond acceptors (Lipinski definition) is 1. The molecule has 1 saturated heterocycles. The van der Waals surface area contributed by atoms with Gasteiger partial charge in [-0.25, -0.2) is 0 Å². The van der Waals surface area contributed by atoms with E-state index < -0.39 is 0 Å². The molecule has 1 N–H and O–H groups in total. The zero-order chi connectivity index (χ0) is 4.41. The quantitative estimate of drug-likeness (QED) is 0.348. The number of alkyl halides is 1. The number of hydrogen-bond donors (Lipinski definition) is 1. The van der Waals surface area contributed by atoms with Crippen LogP contribution in [0.5, 0.6) is 0 Å². The lowest BCUT2D eigenvalue weighted by atomic mass is 10.4. The van der Waals surface area contributed by atoms with E-state index in [0.717, 1.165) is 4.05 Å². The van der Waals surface area contributed by atoms with Gasteiger partial charge in [-0.1, -0.05) is 22.6 Å². The second-order valence-corrected chi connectivity index (χ2v) is 3.07. The maximum Gasteiger partial charge on any atom is 0.0594 e. The average molecular weight is 197 g/mol. The average Bonchev–Trinajstić information content (AvgIpc) is 1.86.